The molecule has 4 nitrogen and oxygen atoms in total. The van der Waals surface area contributed by atoms with Gasteiger partial charge in [0.1, 0.15) is 17.1 Å². The molecule has 1 aromatic heterocycles. The van der Waals surface area contributed by atoms with Gasteiger partial charge in [-0.25, -0.2) is 0 Å². The first kappa shape index (κ1) is 39.8. The fourth-order valence-corrected chi connectivity index (χ4v) is 12.1. The van der Waals surface area contributed by atoms with Gasteiger partial charge in [0, 0.05) is 43.7 Å². The van der Waals surface area contributed by atoms with E-state index in [1.165, 1.54) is 60.1 Å². The Kier molecular flexibility index (Phi) is 8.27. The molecule has 3 heterocycles. The molecule has 0 fully saturated rings. The second-order valence-electron chi connectivity index (χ2n) is 20.2. The monoisotopic (exact) mass is 888 g/mol. The smallest absolute Gasteiger partial charge is 0.159 e. The van der Waals surface area contributed by atoms with Gasteiger partial charge in [-0.1, -0.05) is 178 Å². The molecular weight excluding hydrogens is 841 g/mol. The van der Waals surface area contributed by atoms with Gasteiger partial charge in [-0.15, -0.1) is 0 Å². The summed E-state index contributed by atoms with van der Waals surface area (Å²) < 4.78 is 13.7. The molecule has 0 aliphatic carbocycles. The Balaban J connectivity index is 1.14. The third-order valence-corrected chi connectivity index (χ3v) is 15.1. The highest BCUT2D eigenvalue weighted by Crippen LogP contribution is 2.64. The van der Waals surface area contributed by atoms with E-state index in [4.69, 9.17) is 9.15 Å². The number of furan rings is 1. The third-order valence-electron chi connectivity index (χ3n) is 15.1. The molecule has 0 bridgehead atoms. The van der Waals surface area contributed by atoms with Gasteiger partial charge in [0.2, 0.25) is 0 Å². The van der Waals surface area contributed by atoms with Crippen LogP contribution >= 0.6 is 0 Å². The molecule has 330 valence electrons. The van der Waals surface area contributed by atoms with Crippen molar-refractivity contribution in [1.29, 1.82) is 0 Å². The van der Waals surface area contributed by atoms with E-state index in [1.807, 2.05) is 0 Å². The fourth-order valence-electron chi connectivity index (χ4n) is 12.1. The Morgan fingerprint density at radius 1 is 0.449 bits per heavy atom. The molecule has 12 aromatic rings. The summed E-state index contributed by atoms with van der Waals surface area (Å²) in [6.07, 6.45) is 0. The molecule has 14 rings (SSSR count). The minimum Gasteiger partial charge on any atom is -0.457 e. The van der Waals surface area contributed by atoms with Crippen LogP contribution in [0.2, 0.25) is 0 Å². The third kappa shape index (κ3) is 5.51. The average Bonchev–Trinajstić information content (AvgIpc) is 3.76. The van der Waals surface area contributed by atoms with Crippen LogP contribution in [0.25, 0.3) is 54.3 Å². The van der Waals surface area contributed by atoms with E-state index in [2.05, 4.69) is 245 Å². The number of ether oxygens (including phenoxy) is 1. The molecule has 0 amide bonds. The molecule has 2 aliphatic heterocycles. The second kappa shape index (κ2) is 14.3. The fraction of sp³-hybridized carbons (Fsp3) is 0.108. The predicted octanol–water partition coefficient (Wildman–Crippen LogP) is 18.1. The van der Waals surface area contributed by atoms with Crippen molar-refractivity contribution in [3.8, 4) is 11.5 Å². The molecule has 0 saturated carbocycles. The van der Waals surface area contributed by atoms with Crippen molar-refractivity contribution in [2.24, 2.45) is 0 Å². The average molecular weight is 889 g/mol. The Labute approximate surface area is 401 Å². The van der Waals surface area contributed by atoms with Crippen LogP contribution in [0.3, 0.4) is 0 Å². The van der Waals surface area contributed by atoms with Crippen molar-refractivity contribution in [2.45, 2.75) is 45.4 Å². The van der Waals surface area contributed by atoms with Crippen molar-refractivity contribution >= 4 is 88.4 Å². The summed E-state index contributed by atoms with van der Waals surface area (Å²) >= 11 is 0. The van der Waals surface area contributed by atoms with E-state index in [1.54, 1.807) is 0 Å². The number of anilines is 6. The molecule has 0 unspecified atom stereocenters. The van der Waals surface area contributed by atoms with E-state index < -0.39 is 5.41 Å². The molecule has 11 aromatic carbocycles. The number of hydrogen-bond donors (Lipinski definition) is 0. The van der Waals surface area contributed by atoms with Gasteiger partial charge in [-0.05, 0) is 106 Å². The lowest BCUT2D eigenvalue weighted by atomic mass is 9.61. The lowest BCUT2D eigenvalue weighted by Crippen LogP contribution is -2.39. The first-order valence-electron chi connectivity index (χ1n) is 24.1. The van der Waals surface area contributed by atoms with Crippen LogP contribution in [0, 0.1) is 13.8 Å². The van der Waals surface area contributed by atoms with E-state index in [9.17, 15) is 0 Å². The van der Waals surface area contributed by atoms with Gasteiger partial charge in [-0.2, -0.15) is 0 Å². The molecule has 4 heteroatoms. The standard InChI is InChI=1S/C65H48N2O2/c1-39-29-34-52(40(2)35-39)66(55-25-16-18-45-44-17-6-13-26-58(44)69-63(45)55)56-38-57(47-33-31-42-37-43(64(3,4)5)36-41-30-32-46(56)62(47)61(41)42)67-53-23-11-7-19-48(53)65(49-20-8-12-24-54(49)67)50-21-9-14-27-59(50)68-60-28-15-10-22-51(60)65/h6-38H,1-5H3. The molecule has 69 heavy (non-hydrogen) atoms. The first-order chi connectivity index (χ1) is 33.7. The van der Waals surface area contributed by atoms with Gasteiger partial charge >= 0.3 is 0 Å². The first-order valence-corrected chi connectivity index (χ1v) is 24.1. The summed E-state index contributed by atoms with van der Waals surface area (Å²) in [6, 6.07) is 73.9. The zero-order valence-electron chi connectivity index (χ0n) is 39.3. The van der Waals surface area contributed by atoms with Gasteiger partial charge in [0.15, 0.2) is 5.58 Å². The maximum Gasteiger partial charge on any atom is 0.159 e. The predicted molar refractivity (Wildman–Crippen MR) is 287 cm³/mol. The van der Waals surface area contributed by atoms with Crippen LogP contribution in [0.15, 0.2) is 205 Å². The van der Waals surface area contributed by atoms with Crippen molar-refractivity contribution < 1.29 is 9.15 Å². The number of hydrogen-bond acceptors (Lipinski definition) is 4. The number of rotatable bonds is 4. The highest BCUT2D eigenvalue weighted by molar-refractivity contribution is 6.29. The van der Waals surface area contributed by atoms with Crippen LogP contribution in [0.5, 0.6) is 11.5 Å². The molecular formula is C65H48N2O2. The lowest BCUT2D eigenvalue weighted by Gasteiger charge is -2.48. The molecule has 1 spiro atoms. The van der Waals surface area contributed by atoms with E-state index in [0.29, 0.717) is 0 Å². The maximum atomic E-state index is 6.94. The quantitative estimate of drug-likeness (QED) is 0.165. The number of para-hydroxylation sites is 6. The Morgan fingerprint density at radius 3 is 1.71 bits per heavy atom. The zero-order valence-corrected chi connectivity index (χ0v) is 39.3. The highest BCUT2D eigenvalue weighted by atomic mass is 16.5. The van der Waals surface area contributed by atoms with E-state index >= 15 is 0 Å². The normalized spacial score (nSPS) is 13.8. The summed E-state index contributed by atoms with van der Waals surface area (Å²) in [6.45, 7) is 11.3. The molecule has 0 radical (unpaired) electrons. The minimum absolute atomic E-state index is 0.0234. The van der Waals surface area contributed by atoms with Crippen molar-refractivity contribution in [3.05, 3.63) is 239 Å². The van der Waals surface area contributed by atoms with Crippen molar-refractivity contribution in [3.63, 3.8) is 0 Å². The highest BCUT2D eigenvalue weighted by Gasteiger charge is 2.51. The zero-order chi connectivity index (χ0) is 46.3. The summed E-state index contributed by atoms with van der Waals surface area (Å²) in [5.74, 6) is 1.75. The Bertz CT molecular complexity index is 3980. The number of fused-ring (bicyclic) bond motifs is 11. The van der Waals surface area contributed by atoms with E-state index in [0.717, 1.165) is 78.7 Å². The summed E-state index contributed by atoms with van der Waals surface area (Å²) in [7, 11) is 0. The molecule has 2 aliphatic rings. The summed E-state index contributed by atoms with van der Waals surface area (Å²) in [5, 5.41) is 9.54. The van der Waals surface area contributed by atoms with Gasteiger partial charge in [0.05, 0.1) is 33.9 Å². The van der Waals surface area contributed by atoms with Gasteiger partial charge in [-0.3, -0.25) is 0 Å². The second-order valence-corrected chi connectivity index (χ2v) is 20.2. The Hall–Kier alpha value is -8.34. The van der Waals surface area contributed by atoms with Crippen molar-refractivity contribution in [1.82, 2.24) is 0 Å². The minimum atomic E-state index is -0.660. The number of aryl methyl sites for hydroxylation is 2. The number of nitrogens with zero attached hydrogens (tertiary/aromatic N) is 2. The van der Waals surface area contributed by atoms with Crippen LogP contribution in [0.4, 0.5) is 34.1 Å². The lowest BCUT2D eigenvalue weighted by molar-refractivity contribution is 0.434. The summed E-state index contributed by atoms with van der Waals surface area (Å²) in [4.78, 5) is 5.03. The largest absolute Gasteiger partial charge is 0.457 e. The van der Waals surface area contributed by atoms with Crippen LogP contribution in [0.1, 0.15) is 59.7 Å². The van der Waals surface area contributed by atoms with Gasteiger partial charge < -0.3 is 19.0 Å². The van der Waals surface area contributed by atoms with Crippen molar-refractivity contribution in [2.75, 3.05) is 9.80 Å². The molecule has 0 atom stereocenters. The van der Waals surface area contributed by atoms with E-state index in [-0.39, 0.29) is 5.41 Å². The topological polar surface area (TPSA) is 28.9 Å². The molecule has 0 saturated heterocycles. The maximum absolute atomic E-state index is 6.94. The van der Waals surface area contributed by atoms with Crippen LogP contribution in [-0.2, 0) is 10.8 Å². The molecule has 0 N–H and O–H groups in total. The van der Waals surface area contributed by atoms with Gasteiger partial charge in [0.25, 0.3) is 0 Å². The van der Waals surface area contributed by atoms with Crippen LogP contribution < -0.4 is 14.5 Å². The Morgan fingerprint density at radius 2 is 1.04 bits per heavy atom. The SMILES string of the molecule is Cc1ccc(N(c2cc(N3c4ccccc4C4(c5ccccc5Oc5ccccc54)c4ccccc43)c3ccc4cc(C(C)(C)C)cc5ccc2c3c45)c2cccc3c2oc2ccccc23)c(C)c1. The van der Waals surface area contributed by atoms with Crippen LogP contribution in [-0.4, -0.2) is 0 Å². The summed E-state index contributed by atoms with van der Waals surface area (Å²) in [5.41, 5.74) is 15.9. The number of benzene rings is 11.